The molecule has 1 aromatic carbocycles. The van der Waals surface area contributed by atoms with Crippen LogP contribution in [0.2, 0.25) is 0 Å². The molecule has 154 valence electrons. The highest BCUT2D eigenvalue weighted by molar-refractivity contribution is 6.62. The summed E-state index contributed by atoms with van der Waals surface area (Å²) in [5.41, 5.74) is 3.35. The van der Waals surface area contributed by atoms with Crippen molar-refractivity contribution in [3.63, 3.8) is 0 Å². The van der Waals surface area contributed by atoms with E-state index in [0.717, 1.165) is 11.1 Å². The normalized spacial score (nSPS) is 14.8. The molecule has 1 heterocycles. The van der Waals surface area contributed by atoms with E-state index in [9.17, 15) is 14.6 Å². The Morgan fingerprint density at radius 1 is 1.41 bits per heavy atom. The number of benzene rings is 1. The fourth-order valence-electron chi connectivity index (χ4n) is 3.13. The lowest BCUT2D eigenvalue weighted by Gasteiger charge is -2.22. The van der Waals surface area contributed by atoms with E-state index in [4.69, 9.17) is 9.39 Å². The van der Waals surface area contributed by atoms with Crippen molar-refractivity contribution in [2.24, 2.45) is 5.92 Å². The molecular formula is C22H28BNO5. The van der Waals surface area contributed by atoms with Crippen LogP contribution >= 0.6 is 0 Å². The van der Waals surface area contributed by atoms with Crippen LogP contribution in [-0.4, -0.2) is 36.7 Å². The van der Waals surface area contributed by atoms with E-state index in [-0.39, 0.29) is 12.5 Å². The van der Waals surface area contributed by atoms with Crippen LogP contribution in [0.15, 0.2) is 48.6 Å². The predicted molar refractivity (Wildman–Crippen MR) is 114 cm³/mol. The summed E-state index contributed by atoms with van der Waals surface area (Å²) < 4.78 is 10.6. The molecule has 2 rings (SSSR count). The zero-order valence-corrected chi connectivity index (χ0v) is 17.4. The van der Waals surface area contributed by atoms with Crippen molar-refractivity contribution in [2.45, 2.75) is 40.3 Å². The lowest BCUT2D eigenvalue weighted by atomic mass is 9.75. The Hall–Kier alpha value is -2.64. The number of amides is 1. The summed E-state index contributed by atoms with van der Waals surface area (Å²) in [7, 11) is -1.04. The summed E-state index contributed by atoms with van der Waals surface area (Å²) in [5, 5.41) is 12.8. The summed E-state index contributed by atoms with van der Waals surface area (Å²) in [5.74, 6) is -1.05. The summed E-state index contributed by atoms with van der Waals surface area (Å²) in [6.45, 7) is 11.3. The van der Waals surface area contributed by atoms with Gasteiger partial charge in [-0.25, -0.2) is 4.79 Å². The Bertz CT molecular complexity index is 844. The molecule has 0 saturated carbocycles. The van der Waals surface area contributed by atoms with Crippen molar-refractivity contribution < 1.29 is 24.0 Å². The molecule has 1 aliphatic rings. The van der Waals surface area contributed by atoms with Crippen LogP contribution in [0.4, 0.5) is 0 Å². The van der Waals surface area contributed by atoms with Gasteiger partial charge in [0.15, 0.2) is 0 Å². The number of carbonyl (C=O) groups is 2. The first-order chi connectivity index (χ1) is 13.8. The lowest BCUT2D eigenvalue weighted by molar-refractivity contribution is -0.146. The Kier molecular flexibility index (Phi) is 7.99. The zero-order valence-electron chi connectivity index (χ0n) is 17.4. The number of esters is 1. The van der Waals surface area contributed by atoms with Crippen LogP contribution in [-0.2, 0) is 20.8 Å². The quantitative estimate of drug-likeness (QED) is 0.399. The minimum Gasteiger partial charge on any atom is -0.459 e. The highest BCUT2D eigenvalue weighted by atomic mass is 16.5. The molecule has 0 saturated heterocycles. The summed E-state index contributed by atoms with van der Waals surface area (Å²) >= 11 is 0. The monoisotopic (exact) mass is 397 g/mol. The standard InChI is InChI=1S/C22H28BNO5/c1-6-8-9-16(7-2)12-28-22(26)20(14(3)4)24-21(25)18-11-10-17-13-29-23(27)19(17)15(18)5/h6-11,14,20,27H,1,12-13H2,2-5H3,(H,24,25)/b9-8-,16-7+. The lowest BCUT2D eigenvalue weighted by Crippen LogP contribution is -2.46. The van der Waals surface area contributed by atoms with E-state index in [1.807, 2.05) is 32.9 Å². The molecule has 7 heteroatoms. The molecule has 1 unspecified atom stereocenters. The van der Waals surface area contributed by atoms with Crippen molar-refractivity contribution in [3.8, 4) is 0 Å². The van der Waals surface area contributed by atoms with Gasteiger partial charge < -0.3 is 19.7 Å². The van der Waals surface area contributed by atoms with Gasteiger partial charge in [0.2, 0.25) is 0 Å². The predicted octanol–water partition coefficient (Wildman–Crippen LogP) is 2.20. The molecule has 1 atom stereocenters. The van der Waals surface area contributed by atoms with Crippen LogP contribution in [0.3, 0.4) is 0 Å². The molecule has 0 fully saturated rings. The van der Waals surface area contributed by atoms with Crippen molar-refractivity contribution in [3.05, 3.63) is 65.3 Å². The average molecular weight is 397 g/mol. The molecule has 6 nitrogen and oxygen atoms in total. The Labute approximate surface area is 172 Å². The highest BCUT2D eigenvalue weighted by Gasteiger charge is 2.32. The zero-order chi connectivity index (χ0) is 21.6. The molecule has 0 aromatic heterocycles. The van der Waals surface area contributed by atoms with E-state index < -0.39 is 25.0 Å². The molecule has 29 heavy (non-hydrogen) atoms. The second kappa shape index (κ2) is 10.2. The van der Waals surface area contributed by atoms with Gasteiger partial charge >= 0.3 is 13.1 Å². The number of allylic oxidation sites excluding steroid dienone is 3. The number of nitrogens with one attached hydrogen (secondary N) is 1. The first-order valence-electron chi connectivity index (χ1n) is 9.64. The minimum atomic E-state index is -1.04. The minimum absolute atomic E-state index is 0.111. The molecule has 0 aliphatic carbocycles. The second-order valence-corrected chi connectivity index (χ2v) is 7.24. The van der Waals surface area contributed by atoms with Gasteiger partial charge in [0.05, 0.1) is 6.61 Å². The van der Waals surface area contributed by atoms with Gasteiger partial charge in [-0.1, -0.05) is 50.8 Å². The average Bonchev–Trinajstić information content (AvgIpc) is 3.07. The van der Waals surface area contributed by atoms with E-state index in [1.165, 1.54) is 0 Å². The van der Waals surface area contributed by atoms with E-state index in [1.54, 1.807) is 31.2 Å². The molecule has 0 spiro atoms. The number of fused-ring (bicyclic) bond motifs is 1. The van der Waals surface area contributed by atoms with Gasteiger partial charge in [0, 0.05) is 5.56 Å². The van der Waals surface area contributed by atoms with Crippen LogP contribution in [0.25, 0.3) is 0 Å². The summed E-state index contributed by atoms with van der Waals surface area (Å²) in [6, 6.07) is 2.66. The topological polar surface area (TPSA) is 84.9 Å². The van der Waals surface area contributed by atoms with Gasteiger partial charge in [-0.2, -0.15) is 0 Å². The number of ether oxygens (including phenoxy) is 1. The molecule has 1 amide bonds. The fraction of sp³-hybridized carbons (Fsp3) is 0.364. The largest absolute Gasteiger partial charge is 0.492 e. The Balaban J connectivity index is 2.12. The summed E-state index contributed by atoms with van der Waals surface area (Å²) in [4.78, 5) is 25.5. The van der Waals surface area contributed by atoms with Crippen LogP contribution in [0.5, 0.6) is 0 Å². The van der Waals surface area contributed by atoms with Gasteiger partial charge in [0.1, 0.15) is 12.6 Å². The van der Waals surface area contributed by atoms with E-state index in [2.05, 4.69) is 11.9 Å². The number of hydrogen-bond acceptors (Lipinski definition) is 5. The van der Waals surface area contributed by atoms with Crippen LogP contribution in [0.1, 0.15) is 42.3 Å². The maximum absolute atomic E-state index is 12.9. The number of carbonyl (C=O) groups excluding carboxylic acids is 2. The van der Waals surface area contributed by atoms with Crippen molar-refractivity contribution in [1.82, 2.24) is 5.32 Å². The molecule has 2 N–H and O–H groups in total. The fourth-order valence-corrected chi connectivity index (χ4v) is 3.13. The van der Waals surface area contributed by atoms with Gasteiger partial charge in [0.25, 0.3) is 5.91 Å². The molecule has 0 bridgehead atoms. The SMILES string of the molecule is C=C/C=C\C(=C/C)COC(=O)C(NC(=O)c1ccc2c(c1C)B(O)OC2)C(C)C. The van der Waals surface area contributed by atoms with Crippen LogP contribution < -0.4 is 10.8 Å². The molecule has 0 radical (unpaired) electrons. The van der Waals surface area contributed by atoms with Gasteiger partial charge in [-0.3, -0.25) is 4.79 Å². The Morgan fingerprint density at radius 3 is 2.76 bits per heavy atom. The van der Waals surface area contributed by atoms with E-state index in [0.29, 0.717) is 23.2 Å². The van der Waals surface area contributed by atoms with Crippen LogP contribution in [0, 0.1) is 12.8 Å². The first kappa shape index (κ1) is 22.7. The van der Waals surface area contributed by atoms with Gasteiger partial charge in [-0.15, -0.1) is 0 Å². The van der Waals surface area contributed by atoms with Crippen molar-refractivity contribution in [1.29, 1.82) is 0 Å². The molecular weight excluding hydrogens is 369 g/mol. The van der Waals surface area contributed by atoms with Crippen molar-refractivity contribution in [2.75, 3.05) is 6.61 Å². The maximum Gasteiger partial charge on any atom is 0.492 e. The Morgan fingerprint density at radius 2 is 2.14 bits per heavy atom. The highest BCUT2D eigenvalue weighted by Crippen LogP contribution is 2.17. The molecule has 1 aliphatic heterocycles. The third kappa shape index (κ3) is 5.46. The first-order valence-corrected chi connectivity index (χ1v) is 9.64. The van der Waals surface area contributed by atoms with Gasteiger partial charge in [-0.05, 0) is 48.0 Å². The molecule has 1 aromatic rings. The third-order valence-electron chi connectivity index (χ3n) is 4.90. The van der Waals surface area contributed by atoms with Crippen molar-refractivity contribution >= 4 is 24.5 Å². The second-order valence-electron chi connectivity index (χ2n) is 7.24. The maximum atomic E-state index is 12.9. The number of rotatable bonds is 8. The number of hydrogen-bond donors (Lipinski definition) is 2. The summed E-state index contributed by atoms with van der Waals surface area (Å²) in [6.07, 6.45) is 7.06. The third-order valence-corrected chi connectivity index (χ3v) is 4.90. The van der Waals surface area contributed by atoms with E-state index >= 15 is 0 Å². The smallest absolute Gasteiger partial charge is 0.459 e.